The van der Waals surface area contributed by atoms with Gasteiger partial charge < -0.3 is 31.7 Å². The van der Waals surface area contributed by atoms with Gasteiger partial charge in [-0.05, 0) is 49.2 Å². The first-order chi connectivity index (χ1) is 19.4. The van der Waals surface area contributed by atoms with E-state index >= 15 is 0 Å². The number of aliphatic hydroxyl groups excluding tert-OH is 1. The normalized spacial score (nSPS) is 17.9. The molecule has 2 atom stereocenters. The second kappa shape index (κ2) is 17.5. The Morgan fingerprint density at radius 2 is 1.63 bits per heavy atom. The third-order valence-corrected chi connectivity index (χ3v) is 7.29. The van der Waals surface area contributed by atoms with Crippen molar-refractivity contribution in [3.63, 3.8) is 0 Å². The standard InChI is InChI=1S/C28H44N6O6S/c1-20(27(29)40)5-3-4-10-30-28(41)31-23-8-6-22(7-9-23)15-24-17-33(18-25(36)37)12-11-32(16-21(2)35)13-14-34(24)19-26(38)39/h6-9,20,24,35H,2-5,10-19H2,1H3,(H2,29,40)(H,36,37)(H,38,39)(H2,30,31,41). The minimum Gasteiger partial charge on any atom is -0.512 e. The average molecular weight is 593 g/mol. The number of hydrogen-bond acceptors (Lipinski definition) is 8. The Morgan fingerprint density at radius 1 is 1.00 bits per heavy atom. The Balaban J connectivity index is 2.02. The van der Waals surface area contributed by atoms with E-state index in [2.05, 4.69) is 17.2 Å². The summed E-state index contributed by atoms with van der Waals surface area (Å²) in [5.74, 6) is -2.32. The summed E-state index contributed by atoms with van der Waals surface area (Å²) >= 11 is 5.38. The average Bonchev–Trinajstić information content (AvgIpc) is 2.94. The molecule has 12 nitrogen and oxygen atoms in total. The highest BCUT2D eigenvalue weighted by Crippen LogP contribution is 2.16. The quantitative estimate of drug-likeness (QED) is 0.0982. The van der Waals surface area contributed by atoms with Crippen LogP contribution in [0.5, 0.6) is 0 Å². The monoisotopic (exact) mass is 592 g/mol. The first-order valence-corrected chi connectivity index (χ1v) is 14.3. The lowest BCUT2D eigenvalue weighted by atomic mass is 10.0. The number of carboxylic acids is 2. The van der Waals surface area contributed by atoms with Crippen LogP contribution in [0.3, 0.4) is 0 Å². The molecule has 2 rings (SSSR count). The number of amides is 1. The predicted octanol–water partition coefficient (Wildman–Crippen LogP) is 1.34. The molecule has 7 N–H and O–H groups in total. The molecule has 0 bridgehead atoms. The lowest BCUT2D eigenvalue weighted by molar-refractivity contribution is -0.140. The minimum atomic E-state index is -0.958. The van der Waals surface area contributed by atoms with Gasteiger partial charge >= 0.3 is 11.9 Å². The lowest BCUT2D eigenvalue weighted by Crippen LogP contribution is -2.48. The van der Waals surface area contributed by atoms with Crippen LogP contribution >= 0.6 is 12.2 Å². The maximum absolute atomic E-state index is 11.7. The number of aliphatic carboxylic acids is 2. The van der Waals surface area contributed by atoms with Crippen molar-refractivity contribution in [2.75, 3.05) is 64.2 Å². The largest absolute Gasteiger partial charge is 0.512 e. The summed E-state index contributed by atoms with van der Waals surface area (Å²) in [5, 5.41) is 35.6. The van der Waals surface area contributed by atoms with E-state index < -0.39 is 11.9 Å². The van der Waals surface area contributed by atoms with Gasteiger partial charge in [0.15, 0.2) is 5.11 Å². The summed E-state index contributed by atoms with van der Waals surface area (Å²) in [6.45, 7) is 8.30. The minimum absolute atomic E-state index is 0.00795. The van der Waals surface area contributed by atoms with Crippen LogP contribution in [0.4, 0.5) is 5.69 Å². The molecular formula is C28H44N6O6S. The first-order valence-electron chi connectivity index (χ1n) is 13.8. The van der Waals surface area contributed by atoms with Gasteiger partial charge in [0.1, 0.15) is 0 Å². The molecule has 228 valence electrons. The van der Waals surface area contributed by atoms with E-state index in [4.69, 9.17) is 18.0 Å². The van der Waals surface area contributed by atoms with Crippen molar-refractivity contribution >= 4 is 40.9 Å². The zero-order valence-electron chi connectivity index (χ0n) is 23.8. The number of rotatable bonds is 15. The molecule has 13 heteroatoms. The van der Waals surface area contributed by atoms with Gasteiger partial charge in [-0.25, -0.2) is 0 Å². The maximum Gasteiger partial charge on any atom is 0.317 e. The fourth-order valence-electron chi connectivity index (χ4n) is 4.77. The van der Waals surface area contributed by atoms with Crippen LogP contribution in [0.15, 0.2) is 36.6 Å². The van der Waals surface area contributed by atoms with Crippen molar-refractivity contribution in [2.24, 2.45) is 11.7 Å². The summed E-state index contributed by atoms with van der Waals surface area (Å²) in [6, 6.07) is 7.47. The van der Waals surface area contributed by atoms with E-state index in [1.165, 1.54) is 0 Å². The number of primary amides is 1. The summed E-state index contributed by atoms with van der Waals surface area (Å²) in [4.78, 5) is 40.0. The predicted molar refractivity (Wildman–Crippen MR) is 162 cm³/mol. The van der Waals surface area contributed by atoms with Crippen LogP contribution in [-0.2, 0) is 20.8 Å². The van der Waals surface area contributed by atoms with E-state index in [0.717, 1.165) is 30.5 Å². The molecule has 2 unspecified atom stereocenters. The molecule has 1 saturated heterocycles. The van der Waals surface area contributed by atoms with E-state index in [9.17, 15) is 29.7 Å². The molecule has 1 aromatic rings. The van der Waals surface area contributed by atoms with Crippen molar-refractivity contribution < 1.29 is 29.7 Å². The van der Waals surface area contributed by atoms with Crippen LogP contribution in [0.25, 0.3) is 0 Å². The summed E-state index contributed by atoms with van der Waals surface area (Å²) < 4.78 is 0. The second-order valence-electron chi connectivity index (χ2n) is 10.6. The third-order valence-electron chi connectivity index (χ3n) is 7.04. The number of thiocarbonyl (C=S) groups is 1. The number of carbonyl (C=O) groups is 3. The summed E-state index contributed by atoms with van der Waals surface area (Å²) in [5.41, 5.74) is 7.07. The number of unbranched alkanes of at least 4 members (excludes halogenated alkanes) is 1. The van der Waals surface area contributed by atoms with Crippen molar-refractivity contribution in [1.82, 2.24) is 20.0 Å². The molecule has 1 amide bonds. The molecule has 1 aromatic carbocycles. The fourth-order valence-corrected chi connectivity index (χ4v) is 4.99. The molecule has 1 aliphatic rings. The van der Waals surface area contributed by atoms with Crippen LogP contribution in [-0.4, -0.2) is 118 Å². The van der Waals surface area contributed by atoms with Crippen molar-refractivity contribution in [1.29, 1.82) is 0 Å². The van der Waals surface area contributed by atoms with E-state index in [1.54, 1.807) is 0 Å². The molecule has 1 fully saturated rings. The highest BCUT2D eigenvalue weighted by atomic mass is 32.1. The first kappa shape index (κ1) is 33.9. The smallest absolute Gasteiger partial charge is 0.317 e. The van der Waals surface area contributed by atoms with Crippen LogP contribution in [0.2, 0.25) is 0 Å². The van der Waals surface area contributed by atoms with E-state index in [-0.39, 0.29) is 43.3 Å². The molecule has 1 aliphatic heterocycles. The number of carboxylic acid groups (broad SMARTS) is 2. The van der Waals surface area contributed by atoms with Gasteiger partial charge in [0, 0.05) is 56.9 Å². The van der Waals surface area contributed by atoms with Gasteiger partial charge in [0.05, 0.1) is 25.4 Å². The molecular weight excluding hydrogens is 548 g/mol. The van der Waals surface area contributed by atoms with E-state index in [1.807, 2.05) is 45.9 Å². The van der Waals surface area contributed by atoms with Gasteiger partial charge in [-0.1, -0.05) is 32.1 Å². The zero-order chi connectivity index (χ0) is 30.4. The van der Waals surface area contributed by atoms with Crippen LogP contribution in [0, 0.1) is 5.92 Å². The van der Waals surface area contributed by atoms with Crippen LogP contribution < -0.4 is 16.4 Å². The van der Waals surface area contributed by atoms with Crippen molar-refractivity contribution in [3.8, 4) is 0 Å². The number of nitrogens with one attached hydrogen (secondary N) is 2. The molecule has 0 radical (unpaired) electrons. The van der Waals surface area contributed by atoms with Gasteiger partial charge in [-0.3, -0.25) is 29.1 Å². The van der Waals surface area contributed by atoms with Gasteiger partial charge in [-0.2, -0.15) is 0 Å². The van der Waals surface area contributed by atoms with Crippen molar-refractivity contribution in [2.45, 2.75) is 38.6 Å². The van der Waals surface area contributed by atoms with Gasteiger partial charge in [-0.15, -0.1) is 0 Å². The number of nitrogens with zero attached hydrogens (tertiary/aromatic N) is 3. The molecule has 41 heavy (non-hydrogen) atoms. The highest BCUT2D eigenvalue weighted by molar-refractivity contribution is 7.80. The molecule has 1 heterocycles. The SMILES string of the molecule is C=C(O)CN1CCN(CC(=O)O)CC(Cc2ccc(NC(=S)NCCCCC(C)C(N)=O)cc2)N(CC(=O)O)CC1. The lowest BCUT2D eigenvalue weighted by Gasteiger charge is -2.33. The number of carbonyl (C=O) groups excluding carboxylic acids is 1. The Morgan fingerprint density at radius 3 is 2.24 bits per heavy atom. The number of aliphatic hydroxyl groups is 1. The van der Waals surface area contributed by atoms with E-state index in [0.29, 0.717) is 50.8 Å². The molecule has 0 saturated carbocycles. The second-order valence-corrected chi connectivity index (χ2v) is 11.0. The topological polar surface area (TPSA) is 172 Å². The summed E-state index contributed by atoms with van der Waals surface area (Å²) in [7, 11) is 0. The van der Waals surface area contributed by atoms with Crippen LogP contribution in [0.1, 0.15) is 31.7 Å². The molecule has 0 spiro atoms. The molecule has 0 aliphatic carbocycles. The summed E-state index contributed by atoms with van der Waals surface area (Å²) in [6.07, 6.45) is 3.00. The zero-order valence-corrected chi connectivity index (χ0v) is 24.6. The Bertz CT molecular complexity index is 1040. The molecule has 0 aromatic heterocycles. The van der Waals surface area contributed by atoms with Gasteiger partial charge in [0.25, 0.3) is 0 Å². The number of benzene rings is 1. The van der Waals surface area contributed by atoms with Crippen molar-refractivity contribution in [3.05, 3.63) is 42.2 Å². The fraction of sp³-hybridized carbons (Fsp3) is 0.571. The maximum atomic E-state index is 11.7. The number of hydrogen-bond donors (Lipinski definition) is 6. The highest BCUT2D eigenvalue weighted by Gasteiger charge is 2.27. The Kier molecular flexibility index (Phi) is 14.5. The number of anilines is 1. The van der Waals surface area contributed by atoms with Gasteiger partial charge in [0.2, 0.25) is 5.91 Å². The Labute approximate surface area is 247 Å². The number of nitrogens with two attached hydrogens (primary N) is 1. The third kappa shape index (κ3) is 13.8. The Hall–Kier alpha value is -3.26.